The molecule has 1 saturated heterocycles. The van der Waals surface area contributed by atoms with Crippen LogP contribution in [0.1, 0.15) is 38.1 Å². The van der Waals surface area contributed by atoms with Gasteiger partial charge in [0, 0.05) is 31.6 Å². The Morgan fingerprint density at radius 2 is 2.03 bits per heavy atom. The highest BCUT2D eigenvalue weighted by Crippen LogP contribution is 2.38. The summed E-state index contributed by atoms with van der Waals surface area (Å²) in [6.45, 7) is 0.638. The first-order valence-corrected chi connectivity index (χ1v) is 10.8. The first kappa shape index (κ1) is 23.4. The van der Waals surface area contributed by atoms with Crippen LogP contribution in [0, 0.1) is 5.82 Å². The molecular formula is C21H24FN5O7. The third-order valence-corrected chi connectivity index (χ3v) is 5.88. The fraction of sp³-hybridized carbons (Fsp3) is 0.476. The summed E-state index contributed by atoms with van der Waals surface area (Å²) in [4.78, 5) is 52.5. The number of nitrogens with one attached hydrogen (secondary N) is 1. The number of amides is 1. The Labute approximate surface area is 192 Å². The fourth-order valence-electron chi connectivity index (χ4n) is 4.02. The first-order chi connectivity index (χ1) is 16.1. The Hall–Kier alpha value is -3.74. The number of anilines is 1. The second-order valence-corrected chi connectivity index (χ2v) is 8.47. The average molecular weight is 477 g/mol. The number of ether oxygens (including phenoxy) is 1. The second kappa shape index (κ2) is 9.25. The van der Waals surface area contributed by atoms with Crippen molar-refractivity contribution in [1.29, 1.82) is 0 Å². The van der Waals surface area contributed by atoms with Gasteiger partial charge in [0.05, 0.1) is 17.6 Å². The van der Waals surface area contributed by atoms with E-state index in [4.69, 9.17) is 15.9 Å². The molecule has 5 N–H and O–H groups in total. The summed E-state index contributed by atoms with van der Waals surface area (Å²) < 4.78 is 21.2. The van der Waals surface area contributed by atoms with Crippen molar-refractivity contribution >= 4 is 34.9 Å². The molecule has 13 heteroatoms. The van der Waals surface area contributed by atoms with Crippen LogP contribution in [0.3, 0.4) is 0 Å². The molecular weight excluding hydrogens is 453 g/mol. The number of nitrogens with zero attached hydrogens (tertiary/aromatic N) is 3. The standard InChI is InChI=1S/C21H24FN5O7/c22-13-7-12-17(30)15(34-21(32)33)9-27(11-1-2-11)18(12)25-19(13)26-6-5-10(8-26)24-20(31)14(23)3-4-16(28)29/h7,9-11,14H,1-6,8,23H2,(H,24,31)(H,28,29)(H,32,33). The van der Waals surface area contributed by atoms with E-state index in [0.717, 1.165) is 18.9 Å². The van der Waals surface area contributed by atoms with Crippen LogP contribution in [-0.4, -0.2) is 63.0 Å². The maximum atomic E-state index is 15.0. The zero-order valence-corrected chi connectivity index (χ0v) is 18.1. The number of carboxylic acids is 1. The van der Waals surface area contributed by atoms with Gasteiger partial charge in [-0.1, -0.05) is 0 Å². The number of nitrogens with two attached hydrogens (primary N) is 1. The molecule has 0 spiro atoms. The van der Waals surface area contributed by atoms with Crippen LogP contribution in [0.4, 0.5) is 15.0 Å². The van der Waals surface area contributed by atoms with Crippen molar-refractivity contribution in [3.63, 3.8) is 0 Å². The number of pyridine rings is 2. The molecule has 34 heavy (non-hydrogen) atoms. The quantitative estimate of drug-likeness (QED) is 0.398. The molecule has 0 bridgehead atoms. The van der Waals surface area contributed by atoms with Crippen LogP contribution in [0.5, 0.6) is 5.75 Å². The summed E-state index contributed by atoms with van der Waals surface area (Å²) in [7, 11) is 0. The van der Waals surface area contributed by atoms with Crippen molar-refractivity contribution in [1.82, 2.24) is 14.9 Å². The molecule has 1 aliphatic heterocycles. The Bertz CT molecular complexity index is 1210. The topological polar surface area (TPSA) is 177 Å². The van der Waals surface area contributed by atoms with E-state index in [1.807, 2.05) is 0 Å². The number of aliphatic carboxylic acids is 1. The van der Waals surface area contributed by atoms with Gasteiger partial charge in [-0.15, -0.1) is 0 Å². The number of rotatable bonds is 8. The normalized spacial score (nSPS) is 18.6. The highest BCUT2D eigenvalue weighted by Gasteiger charge is 2.31. The lowest BCUT2D eigenvalue weighted by molar-refractivity contribution is -0.137. The van der Waals surface area contributed by atoms with Crippen molar-refractivity contribution in [2.24, 2.45) is 5.73 Å². The second-order valence-electron chi connectivity index (χ2n) is 8.47. The molecule has 2 unspecified atom stereocenters. The lowest BCUT2D eigenvalue weighted by Gasteiger charge is -2.21. The zero-order chi connectivity index (χ0) is 24.6. The van der Waals surface area contributed by atoms with Gasteiger partial charge >= 0.3 is 12.1 Å². The minimum Gasteiger partial charge on any atom is -0.481 e. The first-order valence-electron chi connectivity index (χ1n) is 10.8. The van der Waals surface area contributed by atoms with Gasteiger partial charge in [0.25, 0.3) is 0 Å². The molecule has 2 aromatic heterocycles. The van der Waals surface area contributed by atoms with Crippen molar-refractivity contribution in [2.45, 2.75) is 50.2 Å². The molecule has 1 aliphatic carbocycles. The molecule has 1 amide bonds. The zero-order valence-electron chi connectivity index (χ0n) is 18.1. The molecule has 4 rings (SSSR count). The SMILES string of the molecule is NC(CCC(=O)O)C(=O)NC1CCN(c2nc3c(cc2F)c(=O)c(OC(=O)O)cn3C2CC2)C1. The van der Waals surface area contributed by atoms with Gasteiger partial charge in [-0.3, -0.25) is 14.4 Å². The van der Waals surface area contributed by atoms with E-state index in [1.165, 1.54) is 6.20 Å². The lowest BCUT2D eigenvalue weighted by atomic mass is 10.1. The largest absolute Gasteiger partial charge is 0.511 e. The van der Waals surface area contributed by atoms with Crippen molar-refractivity contribution < 1.29 is 33.7 Å². The molecule has 2 aliphatic rings. The molecule has 0 aromatic carbocycles. The fourth-order valence-corrected chi connectivity index (χ4v) is 4.02. The third kappa shape index (κ3) is 4.93. The van der Waals surface area contributed by atoms with Gasteiger partial charge in [-0.25, -0.2) is 14.2 Å². The van der Waals surface area contributed by atoms with Gasteiger partial charge in [0.2, 0.25) is 11.3 Å². The van der Waals surface area contributed by atoms with Crippen LogP contribution >= 0.6 is 0 Å². The van der Waals surface area contributed by atoms with E-state index in [0.29, 0.717) is 13.0 Å². The summed E-state index contributed by atoms with van der Waals surface area (Å²) >= 11 is 0. The summed E-state index contributed by atoms with van der Waals surface area (Å²) in [5.41, 5.74) is 5.20. The smallest absolute Gasteiger partial charge is 0.481 e. The van der Waals surface area contributed by atoms with Crippen LogP contribution < -0.4 is 26.1 Å². The Kier molecular flexibility index (Phi) is 6.37. The molecule has 3 heterocycles. The van der Waals surface area contributed by atoms with Crippen LogP contribution in [0.25, 0.3) is 11.0 Å². The predicted molar refractivity (Wildman–Crippen MR) is 116 cm³/mol. The summed E-state index contributed by atoms with van der Waals surface area (Å²) in [6.07, 6.45) is 1.53. The van der Waals surface area contributed by atoms with E-state index >= 15 is 4.39 Å². The molecule has 0 radical (unpaired) electrons. The average Bonchev–Trinajstić information content (AvgIpc) is 3.52. The Morgan fingerprint density at radius 3 is 2.68 bits per heavy atom. The van der Waals surface area contributed by atoms with Crippen LogP contribution in [-0.2, 0) is 9.59 Å². The highest BCUT2D eigenvalue weighted by atomic mass is 19.1. The molecule has 2 atom stereocenters. The molecule has 12 nitrogen and oxygen atoms in total. The third-order valence-electron chi connectivity index (χ3n) is 5.88. The summed E-state index contributed by atoms with van der Waals surface area (Å²) in [5, 5.41) is 20.3. The van der Waals surface area contributed by atoms with Crippen molar-refractivity contribution in [3.8, 4) is 5.75 Å². The number of carbonyl (C=O) groups is 3. The summed E-state index contributed by atoms with van der Waals surface area (Å²) in [5.74, 6) is -2.68. The Balaban J connectivity index is 1.56. The predicted octanol–water partition coefficient (Wildman–Crippen LogP) is 0.814. The van der Waals surface area contributed by atoms with Gasteiger partial charge in [-0.05, 0) is 31.7 Å². The number of carboxylic acid groups (broad SMARTS) is 2. The minimum atomic E-state index is -1.64. The van der Waals surface area contributed by atoms with E-state index in [1.54, 1.807) is 9.47 Å². The minimum absolute atomic E-state index is 0.00274. The summed E-state index contributed by atoms with van der Waals surface area (Å²) in [6, 6.07) is -0.266. The van der Waals surface area contributed by atoms with Crippen molar-refractivity contribution in [3.05, 3.63) is 28.3 Å². The molecule has 2 fully saturated rings. The van der Waals surface area contributed by atoms with Gasteiger partial charge in [-0.2, -0.15) is 0 Å². The monoisotopic (exact) mass is 477 g/mol. The highest BCUT2D eigenvalue weighted by molar-refractivity contribution is 5.83. The number of halogens is 1. The molecule has 2 aromatic rings. The van der Waals surface area contributed by atoms with E-state index in [-0.39, 0.29) is 48.3 Å². The number of aromatic nitrogens is 2. The number of hydrogen-bond donors (Lipinski definition) is 4. The maximum absolute atomic E-state index is 15.0. The van der Waals surface area contributed by atoms with Gasteiger partial charge in [0.1, 0.15) is 5.65 Å². The lowest BCUT2D eigenvalue weighted by Crippen LogP contribution is -2.46. The molecule has 182 valence electrons. The molecule has 1 saturated carbocycles. The maximum Gasteiger partial charge on any atom is 0.511 e. The van der Waals surface area contributed by atoms with Crippen LogP contribution in [0.2, 0.25) is 0 Å². The number of carbonyl (C=O) groups excluding carboxylic acids is 1. The number of fused-ring (bicyclic) bond motifs is 1. The Morgan fingerprint density at radius 1 is 1.29 bits per heavy atom. The van der Waals surface area contributed by atoms with Crippen molar-refractivity contribution in [2.75, 3.05) is 18.0 Å². The van der Waals surface area contributed by atoms with Gasteiger partial charge < -0.3 is 35.5 Å². The number of hydrogen-bond acceptors (Lipinski definition) is 8. The van der Waals surface area contributed by atoms with Crippen LogP contribution in [0.15, 0.2) is 17.1 Å². The van der Waals surface area contributed by atoms with E-state index in [9.17, 15) is 19.2 Å². The van der Waals surface area contributed by atoms with E-state index < -0.39 is 41.1 Å². The van der Waals surface area contributed by atoms with E-state index in [2.05, 4.69) is 15.0 Å². The van der Waals surface area contributed by atoms with Gasteiger partial charge in [0.15, 0.2) is 17.4 Å².